The molecular weight excluding hydrogens is 292 g/mol. The Hall–Kier alpha value is -1.30. The highest BCUT2D eigenvalue weighted by molar-refractivity contribution is 6.31. The van der Waals surface area contributed by atoms with E-state index in [1.54, 1.807) is 18.2 Å². The summed E-state index contributed by atoms with van der Waals surface area (Å²) in [4.78, 5) is 12.2. The van der Waals surface area contributed by atoms with Crippen LogP contribution in [0.2, 0.25) is 5.02 Å². The molecular formula is C15H21ClN2O3. The summed E-state index contributed by atoms with van der Waals surface area (Å²) in [5.74, 6) is 0.607. The van der Waals surface area contributed by atoms with Crippen LogP contribution in [-0.4, -0.2) is 38.8 Å². The molecule has 1 atom stereocenters. The topological polar surface area (TPSA) is 59.6 Å². The van der Waals surface area contributed by atoms with E-state index in [1.165, 1.54) is 0 Å². The second-order valence-corrected chi connectivity index (χ2v) is 5.30. The van der Waals surface area contributed by atoms with Gasteiger partial charge in [0.2, 0.25) is 5.91 Å². The Bertz CT molecular complexity index is 476. The maximum Gasteiger partial charge on any atom is 0.228 e. The Morgan fingerprint density at radius 1 is 1.48 bits per heavy atom. The average molecular weight is 313 g/mol. The molecule has 1 unspecified atom stereocenters. The Balaban J connectivity index is 1.98. The fourth-order valence-corrected chi connectivity index (χ4v) is 2.37. The number of rotatable bonds is 7. The molecule has 2 N–H and O–H groups in total. The lowest BCUT2D eigenvalue weighted by atomic mass is 10.1. The van der Waals surface area contributed by atoms with Crippen molar-refractivity contribution in [1.82, 2.24) is 5.32 Å². The molecule has 1 saturated heterocycles. The van der Waals surface area contributed by atoms with Crippen LogP contribution >= 0.6 is 11.6 Å². The number of nitrogens with one attached hydrogen (secondary N) is 2. The number of amides is 1. The largest absolute Gasteiger partial charge is 0.489 e. The van der Waals surface area contributed by atoms with Crippen LogP contribution in [0, 0.1) is 5.92 Å². The fraction of sp³-hybridized carbons (Fsp3) is 0.533. The van der Waals surface area contributed by atoms with E-state index < -0.39 is 0 Å². The molecule has 0 saturated carbocycles. The lowest BCUT2D eigenvalue weighted by Gasteiger charge is -2.15. The lowest BCUT2D eigenvalue weighted by Crippen LogP contribution is -2.25. The zero-order valence-electron chi connectivity index (χ0n) is 12.2. The third kappa shape index (κ3) is 4.88. The third-order valence-electron chi connectivity index (χ3n) is 3.32. The Kier molecular flexibility index (Phi) is 6.29. The molecule has 2 rings (SSSR count). The standard InChI is InChI=1S/C15H21ClN2O3/c1-2-20-7-8-21-14-4-3-12(16)9-13(14)18-15(19)11-5-6-17-10-11/h3-4,9,11,17H,2,5-8,10H2,1H3,(H,18,19). The molecule has 116 valence electrons. The zero-order valence-corrected chi connectivity index (χ0v) is 12.9. The highest BCUT2D eigenvalue weighted by Gasteiger charge is 2.23. The number of anilines is 1. The molecule has 1 aromatic carbocycles. The lowest BCUT2D eigenvalue weighted by molar-refractivity contribution is -0.119. The first-order valence-electron chi connectivity index (χ1n) is 7.22. The summed E-state index contributed by atoms with van der Waals surface area (Å²) in [7, 11) is 0. The monoisotopic (exact) mass is 312 g/mol. The van der Waals surface area contributed by atoms with E-state index >= 15 is 0 Å². The smallest absolute Gasteiger partial charge is 0.228 e. The van der Waals surface area contributed by atoms with Crippen LogP contribution in [0.25, 0.3) is 0 Å². The molecule has 0 bridgehead atoms. The van der Waals surface area contributed by atoms with E-state index in [0.29, 0.717) is 42.8 Å². The SMILES string of the molecule is CCOCCOc1ccc(Cl)cc1NC(=O)C1CCNC1. The molecule has 1 aromatic rings. The highest BCUT2D eigenvalue weighted by atomic mass is 35.5. The van der Waals surface area contributed by atoms with Gasteiger partial charge in [-0.05, 0) is 38.1 Å². The van der Waals surface area contributed by atoms with Crippen molar-refractivity contribution in [3.05, 3.63) is 23.2 Å². The predicted molar refractivity (Wildman–Crippen MR) is 83.0 cm³/mol. The first kappa shape index (κ1) is 16.1. The van der Waals surface area contributed by atoms with Gasteiger partial charge < -0.3 is 20.1 Å². The molecule has 0 aliphatic carbocycles. The van der Waals surface area contributed by atoms with Crippen molar-refractivity contribution in [2.24, 2.45) is 5.92 Å². The van der Waals surface area contributed by atoms with E-state index in [0.717, 1.165) is 13.0 Å². The van der Waals surface area contributed by atoms with Gasteiger partial charge in [0.15, 0.2) is 0 Å². The Labute approximate surface area is 130 Å². The number of carbonyl (C=O) groups excluding carboxylic acids is 1. The number of hydrogen-bond acceptors (Lipinski definition) is 4. The maximum atomic E-state index is 12.2. The molecule has 1 aliphatic heterocycles. The van der Waals surface area contributed by atoms with E-state index in [2.05, 4.69) is 10.6 Å². The minimum absolute atomic E-state index is 0.000237. The van der Waals surface area contributed by atoms with E-state index in [9.17, 15) is 4.79 Å². The van der Waals surface area contributed by atoms with Crippen LogP contribution in [0.4, 0.5) is 5.69 Å². The third-order valence-corrected chi connectivity index (χ3v) is 3.56. The summed E-state index contributed by atoms with van der Waals surface area (Å²) >= 11 is 6.00. The molecule has 5 nitrogen and oxygen atoms in total. The van der Waals surface area contributed by atoms with Crippen LogP contribution in [-0.2, 0) is 9.53 Å². The second kappa shape index (κ2) is 8.22. The molecule has 0 aromatic heterocycles. The minimum atomic E-state index is -0.00285. The summed E-state index contributed by atoms with van der Waals surface area (Å²) in [5.41, 5.74) is 0.607. The van der Waals surface area contributed by atoms with Crippen LogP contribution in [0.5, 0.6) is 5.75 Å². The van der Waals surface area contributed by atoms with Crippen molar-refractivity contribution < 1.29 is 14.3 Å². The summed E-state index contributed by atoms with van der Waals surface area (Å²) in [5, 5.41) is 6.65. The van der Waals surface area contributed by atoms with Crippen molar-refractivity contribution in [2.45, 2.75) is 13.3 Å². The van der Waals surface area contributed by atoms with Crippen LogP contribution in [0.1, 0.15) is 13.3 Å². The number of carbonyl (C=O) groups is 1. The quantitative estimate of drug-likeness (QED) is 0.759. The molecule has 21 heavy (non-hydrogen) atoms. The molecule has 1 aliphatic rings. The van der Waals surface area contributed by atoms with Gasteiger partial charge in [0, 0.05) is 18.2 Å². The first-order valence-corrected chi connectivity index (χ1v) is 7.60. The van der Waals surface area contributed by atoms with E-state index in [4.69, 9.17) is 21.1 Å². The molecule has 0 spiro atoms. The number of hydrogen-bond donors (Lipinski definition) is 2. The highest BCUT2D eigenvalue weighted by Crippen LogP contribution is 2.28. The molecule has 1 heterocycles. The fourth-order valence-electron chi connectivity index (χ4n) is 2.19. The van der Waals surface area contributed by atoms with Crippen LogP contribution in [0.15, 0.2) is 18.2 Å². The first-order chi connectivity index (χ1) is 10.2. The summed E-state index contributed by atoms with van der Waals surface area (Å²) in [6, 6.07) is 5.21. The Morgan fingerprint density at radius 3 is 3.05 bits per heavy atom. The van der Waals surface area contributed by atoms with Gasteiger partial charge in [-0.2, -0.15) is 0 Å². The van der Waals surface area contributed by atoms with Gasteiger partial charge in [-0.3, -0.25) is 4.79 Å². The van der Waals surface area contributed by atoms with Gasteiger partial charge in [-0.25, -0.2) is 0 Å². The molecule has 6 heteroatoms. The zero-order chi connectivity index (χ0) is 15.1. The van der Waals surface area contributed by atoms with Crippen LogP contribution in [0.3, 0.4) is 0 Å². The average Bonchev–Trinajstić information content (AvgIpc) is 3.00. The summed E-state index contributed by atoms with van der Waals surface area (Å²) < 4.78 is 10.9. The molecule has 1 fully saturated rings. The number of halogens is 1. The van der Waals surface area contributed by atoms with E-state index in [-0.39, 0.29) is 11.8 Å². The summed E-state index contributed by atoms with van der Waals surface area (Å²) in [6.45, 7) is 5.13. The van der Waals surface area contributed by atoms with Crippen molar-refractivity contribution in [3.63, 3.8) is 0 Å². The second-order valence-electron chi connectivity index (χ2n) is 4.86. The van der Waals surface area contributed by atoms with Crippen molar-refractivity contribution in [3.8, 4) is 5.75 Å². The van der Waals surface area contributed by atoms with Gasteiger partial charge in [0.1, 0.15) is 12.4 Å². The number of benzene rings is 1. The predicted octanol–water partition coefficient (Wildman–Crippen LogP) is 2.30. The maximum absolute atomic E-state index is 12.2. The van der Waals surface area contributed by atoms with Crippen molar-refractivity contribution >= 4 is 23.2 Å². The summed E-state index contributed by atoms with van der Waals surface area (Å²) in [6.07, 6.45) is 0.854. The minimum Gasteiger partial charge on any atom is -0.489 e. The molecule has 1 amide bonds. The van der Waals surface area contributed by atoms with Crippen molar-refractivity contribution in [2.75, 3.05) is 38.2 Å². The Morgan fingerprint density at radius 2 is 2.33 bits per heavy atom. The molecule has 0 radical (unpaired) electrons. The normalized spacial score (nSPS) is 17.7. The van der Waals surface area contributed by atoms with Gasteiger partial charge in [0.25, 0.3) is 0 Å². The van der Waals surface area contributed by atoms with Gasteiger partial charge in [0.05, 0.1) is 18.2 Å². The van der Waals surface area contributed by atoms with Crippen LogP contribution < -0.4 is 15.4 Å². The van der Waals surface area contributed by atoms with Gasteiger partial charge in [-0.1, -0.05) is 11.6 Å². The number of ether oxygens (including phenoxy) is 2. The van der Waals surface area contributed by atoms with E-state index in [1.807, 2.05) is 6.92 Å². The van der Waals surface area contributed by atoms with Gasteiger partial charge in [-0.15, -0.1) is 0 Å². The van der Waals surface area contributed by atoms with Crippen molar-refractivity contribution in [1.29, 1.82) is 0 Å². The van der Waals surface area contributed by atoms with Gasteiger partial charge >= 0.3 is 0 Å².